The summed E-state index contributed by atoms with van der Waals surface area (Å²) in [5, 5.41) is 9.33. The number of amides is 1. The third kappa shape index (κ3) is 4.31. The van der Waals surface area contributed by atoms with Gasteiger partial charge in [0.25, 0.3) is 0 Å². The molecule has 4 nitrogen and oxygen atoms in total. The monoisotopic (exact) mass is 443 g/mol. The number of hydrogen-bond acceptors (Lipinski definition) is 4. The molecule has 3 heterocycles. The first-order valence-electron chi connectivity index (χ1n) is 10.1. The van der Waals surface area contributed by atoms with E-state index in [0.29, 0.717) is 6.54 Å². The molecule has 0 aliphatic rings. The van der Waals surface area contributed by atoms with Gasteiger partial charge in [0.2, 0.25) is 5.91 Å². The first-order chi connectivity index (χ1) is 15.3. The number of benzene rings is 2. The number of H-pyrrole nitrogens is 1. The van der Waals surface area contributed by atoms with E-state index in [1.54, 1.807) is 22.7 Å². The molecule has 0 spiro atoms. The van der Waals surface area contributed by atoms with Gasteiger partial charge in [0.15, 0.2) is 0 Å². The molecule has 0 bridgehead atoms. The Labute approximate surface area is 188 Å². The number of rotatable bonds is 7. The maximum atomic E-state index is 12.7. The molecule has 5 rings (SSSR count). The smallest absolute Gasteiger partial charge is 0.226 e. The Morgan fingerprint density at radius 1 is 1.00 bits per heavy atom. The number of fused-ring (bicyclic) bond motifs is 1. The number of thiophene rings is 1. The van der Waals surface area contributed by atoms with E-state index in [0.717, 1.165) is 21.8 Å². The number of aromatic amines is 1. The highest BCUT2D eigenvalue weighted by atomic mass is 32.1. The van der Waals surface area contributed by atoms with Crippen molar-refractivity contribution in [2.45, 2.75) is 12.3 Å². The lowest BCUT2D eigenvalue weighted by Crippen LogP contribution is -2.30. The average molecular weight is 444 g/mol. The van der Waals surface area contributed by atoms with Gasteiger partial charge in [-0.05, 0) is 23.1 Å². The van der Waals surface area contributed by atoms with Gasteiger partial charge in [-0.25, -0.2) is 4.98 Å². The van der Waals surface area contributed by atoms with Gasteiger partial charge in [-0.2, -0.15) is 0 Å². The molecule has 0 aliphatic carbocycles. The Balaban J connectivity index is 1.30. The Kier molecular flexibility index (Phi) is 5.65. The van der Waals surface area contributed by atoms with Crippen LogP contribution in [0.15, 0.2) is 83.7 Å². The normalized spacial score (nSPS) is 12.1. The molecule has 0 aliphatic heterocycles. The molecule has 6 heteroatoms. The third-order valence-electron chi connectivity index (χ3n) is 5.30. The van der Waals surface area contributed by atoms with Crippen LogP contribution in [0.1, 0.15) is 22.1 Å². The highest BCUT2D eigenvalue weighted by molar-refractivity contribution is 7.13. The van der Waals surface area contributed by atoms with E-state index in [1.165, 1.54) is 15.8 Å². The number of aromatic nitrogens is 2. The van der Waals surface area contributed by atoms with Gasteiger partial charge in [0.05, 0.1) is 12.1 Å². The fourth-order valence-electron chi connectivity index (χ4n) is 3.78. The van der Waals surface area contributed by atoms with Crippen LogP contribution in [-0.2, 0) is 11.2 Å². The van der Waals surface area contributed by atoms with Crippen molar-refractivity contribution in [1.82, 2.24) is 15.3 Å². The van der Waals surface area contributed by atoms with Crippen LogP contribution < -0.4 is 5.32 Å². The summed E-state index contributed by atoms with van der Waals surface area (Å²) in [6.07, 6.45) is 2.35. The molecule has 31 heavy (non-hydrogen) atoms. The molecule has 2 aromatic carbocycles. The fraction of sp³-hybridized carbons (Fsp3) is 0.120. The summed E-state index contributed by atoms with van der Waals surface area (Å²) >= 11 is 3.29. The zero-order chi connectivity index (χ0) is 21.0. The number of nitrogens with one attached hydrogen (secondary N) is 2. The first-order valence-corrected chi connectivity index (χ1v) is 11.9. The van der Waals surface area contributed by atoms with Crippen molar-refractivity contribution in [3.05, 3.63) is 99.8 Å². The standard InChI is InChI=1S/C25H21N3OS2/c29-24(13-18-16-31-25(28-18)17-7-2-1-3-8-17)27-15-21(23-11-6-12-30-23)20-14-26-22-10-5-4-9-19(20)22/h1-12,14,16,21,26H,13,15H2,(H,27,29). The van der Waals surface area contributed by atoms with Gasteiger partial charge in [0.1, 0.15) is 5.01 Å². The van der Waals surface area contributed by atoms with Crippen molar-refractivity contribution in [3.8, 4) is 10.6 Å². The fourth-order valence-corrected chi connectivity index (χ4v) is 5.45. The van der Waals surface area contributed by atoms with E-state index in [2.05, 4.69) is 57.2 Å². The van der Waals surface area contributed by atoms with Crippen molar-refractivity contribution in [1.29, 1.82) is 0 Å². The Bertz CT molecular complexity index is 1290. The minimum Gasteiger partial charge on any atom is -0.361 e. The van der Waals surface area contributed by atoms with Crippen LogP contribution in [0.25, 0.3) is 21.5 Å². The van der Waals surface area contributed by atoms with Crippen LogP contribution in [0, 0.1) is 0 Å². The second-order valence-corrected chi connectivity index (χ2v) is 9.19. The largest absolute Gasteiger partial charge is 0.361 e. The number of thiazole rings is 1. The van der Waals surface area contributed by atoms with Crippen molar-refractivity contribution < 1.29 is 4.79 Å². The lowest BCUT2D eigenvalue weighted by atomic mass is 9.96. The van der Waals surface area contributed by atoms with Crippen molar-refractivity contribution in [3.63, 3.8) is 0 Å². The van der Waals surface area contributed by atoms with Crippen molar-refractivity contribution in [2.75, 3.05) is 6.54 Å². The quantitative estimate of drug-likeness (QED) is 0.332. The molecular formula is C25H21N3OS2. The topological polar surface area (TPSA) is 57.8 Å². The molecule has 3 aromatic heterocycles. The Morgan fingerprint density at radius 2 is 1.84 bits per heavy atom. The minimum atomic E-state index is -0.00805. The molecule has 2 N–H and O–H groups in total. The van der Waals surface area contributed by atoms with Gasteiger partial charge >= 0.3 is 0 Å². The minimum absolute atomic E-state index is 0.00805. The van der Waals surface area contributed by atoms with E-state index in [-0.39, 0.29) is 18.2 Å². The number of hydrogen-bond donors (Lipinski definition) is 2. The summed E-state index contributed by atoms with van der Waals surface area (Å²) < 4.78 is 0. The Morgan fingerprint density at radius 3 is 2.68 bits per heavy atom. The van der Waals surface area contributed by atoms with Crippen molar-refractivity contribution >= 4 is 39.5 Å². The molecule has 1 unspecified atom stereocenters. The Hall–Kier alpha value is -3.22. The van der Waals surface area contributed by atoms with Crippen LogP contribution in [0.4, 0.5) is 0 Å². The van der Waals surface area contributed by atoms with Crippen LogP contribution >= 0.6 is 22.7 Å². The van der Waals surface area contributed by atoms with E-state index >= 15 is 0 Å². The van der Waals surface area contributed by atoms with Gasteiger partial charge in [-0.15, -0.1) is 22.7 Å². The van der Waals surface area contributed by atoms with Gasteiger partial charge in [0, 0.05) is 45.4 Å². The molecular weight excluding hydrogens is 422 g/mol. The van der Waals surface area contributed by atoms with E-state index in [9.17, 15) is 4.79 Å². The first kappa shape index (κ1) is 19.7. The number of carbonyl (C=O) groups excluding carboxylic acids is 1. The molecule has 0 radical (unpaired) electrons. The number of para-hydroxylation sites is 1. The second-order valence-electron chi connectivity index (χ2n) is 7.35. The zero-order valence-corrected chi connectivity index (χ0v) is 18.4. The van der Waals surface area contributed by atoms with Gasteiger partial charge in [-0.3, -0.25) is 4.79 Å². The molecule has 0 saturated heterocycles. The van der Waals surface area contributed by atoms with Crippen LogP contribution in [0.5, 0.6) is 0 Å². The van der Waals surface area contributed by atoms with Gasteiger partial charge < -0.3 is 10.3 Å². The highest BCUT2D eigenvalue weighted by Crippen LogP contribution is 2.33. The summed E-state index contributed by atoms with van der Waals surface area (Å²) in [7, 11) is 0. The maximum Gasteiger partial charge on any atom is 0.226 e. The van der Waals surface area contributed by atoms with Crippen molar-refractivity contribution in [2.24, 2.45) is 0 Å². The highest BCUT2D eigenvalue weighted by Gasteiger charge is 2.20. The lowest BCUT2D eigenvalue weighted by Gasteiger charge is -2.16. The summed E-state index contributed by atoms with van der Waals surface area (Å²) in [4.78, 5) is 22.0. The summed E-state index contributed by atoms with van der Waals surface area (Å²) in [6, 6.07) is 22.5. The molecule has 0 saturated carbocycles. The van der Waals surface area contributed by atoms with Crippen LogP contribution in [0.2, 0.25) is 0 Å². The third-order valence-corrected chi connectivity index (χ3v) is 7.23. The number of nitrogens with zero attached hydrogens (tertiary/aromatic N) is 1. The molecule has 1 atom stereocenters. The molecule has 154 valence electrons. The predicted octanol–water partition coefficient (Wildman–Crippen LogP) is 5.84. The predicted molar refractivity (Wildman–Crippen MR) is 129 cm³/mol. The summed E-state index contributed by atoms with van der Waals surface area (Å²) in [5.74, 6) is 0.0988. The number of carbonyl (C=O) groups is 1. The molecule has 1 amide bonds. The SMILES string of the molecule is O=C(Cc1csc(-c2ccccc2)n1)NCC(c1cccs1)c1c[nH]c2ccccc12. The van der Waals surface area contributed by atoms with Gasteiger partial charge in [-0.1, -0.05) is 54.6 Å². The van der Waals surface area contributed by atoms with Crippen LogP contribution in [-0.4, -0.2) is 22.4 Å². The van der Waals surface area contributed by atoms with E-state index in [4.69, 9.17) is 0 Å². The molecule has 0 fully saturated rings. The summed E-state index contributed by atoms with van der Waals surface area (Å²) in [5.41, 5.74) is 4.21. The van der Waals surface area contributed by atoms with Crippen LogP contribution in [0.3, 0.4) is 0 Å². The maximum absolute atomic E-state index is 12.7. The second kappa shape index (κ2) is 8.88. The lowest BCUT2D eigenvalue weighted by molar-refractivity contribution is -0.120. The van der Waals surface area contributed by atoms with E-state index < -0.39 is 0 Å². The average Bonchev–Trinajstić information content (AvgIpc) is 3.56. The molecule has 5 aromatic rings. The summed E-state index contributed by atoms with van der Waals surface area (Å²) in [6.45, 7) is 0.552. The van der Waals surface area contributed by atoms with E-state index in [1.807, 2.05) is 41.8 Å². The zero-order valence-electron chi connectivity index (χ0n) is 16.7.